The molecule has 0 aromatic heterocycles. The first-order valence-corrected chi connectivity index (χ1v) is 17.5. The van der Waals surface area contributed by atoms with Gasteiger partial charge in [0, 0.05) is 18.4 Å². The Morgan fingerprint density at radius 3 is 1.86 bits per heavy atom. The summed E-state index contributed by atoms with van der Waals surface area (Å²) < 4.78 is 5.11. The van der Waals surface area contributed by atoms with E-state index in [1.54, 1.807) is 0 Å². The van der Waals surface area contributed by atoms with Crippen molar-refractivity contribution in [2.75, 3.05) is 0 Å². The van der Waals surface area contributed by atoms with Gasteiger partial charge in [0.15, 0.2) is 0 Å². The zero-order valence-electron chi connectivity index (χ0n) is 27.2. The Hall–Kier alpha value is -1.72. The van der Waals surface area contributed by atoms with Crippen LogP contribution in [0.2, 0.25) is 0 Å². The van der Waals surface area contributed by atoms with E-state index in [-0.39, 0.29) is 17.9 Å². The summed E-state index contributed by atoms with van der Waals surface area (Å²) in [6.07, 6.45) is 34.2. The molecular formula is C37H64O5. The van der Waals surface area contributed by atoms with Gasteiger partial charge in [0.25, 0.3) is 0 Å². The van der Waals surface area contributed by atoms with Gasteiger partial charge in [-0.05, 0) is 77.2 Å². The Bertz CT molecular complexity index is 768. The van der Waals surface area contributed by atoms with E-state index < -0.39 is 12.2 Å². The van der Waals surface area contributed by atoms with E-state index in [0.29, 0.717) is 25.7 Å². The third-order valence-electron chi connectivity index (χ3n) is 8.24. The molecule has 3 atom stereocenters. The molecule has 0 saturated carbocycles. The van der Waals surface area contributed by atoms with Gasteiger partial charge in [-0.15, -0.1) is 0 Å². The van der Waals surface area contributed by atoms with Crippen molar-refractivity contribution in [3.8, 4) is 0 Å². The quantitative estimate of drug-likeness (QED) is 0.0516. The first kappa shape index (κ1) is 38.3. The van der Waals surface area contributed by atoms with Crippen molar-refractivity contribution >= 4 is 11.8 Å². The molecule has 42 heavy (non-hydrogen) atoms. The highest BCUT2D eigenvalue weighted by molar-refractivity contribution is 5.90. The molecule has 5 heteroatoms. The second-order valence-electron chi connectivity index (χ2n) is 12.4. The third-order valence-corrected chi connectivity index (χ3v) is 8.24. The number of aliphatic hydroxyl groups is 2. The molecule has 242 valence electrons. The van der Waals surface area contributed by atoms with Gasteiger partial charge in [0.1, 0.15) is 11.9 Å². The van der Waals surface area contributed by atoms with Crippen molar-refractivity contribution in [3.05, 3.63) is 36.0 Å². The monoisotopic (exact) mass is 588 g/mol. The van der Waals surface area contributed by atoms with Crippen molar-refractivity contribution in [3.63, 3.8) is 0 Å². The highest BCUT2D eigenvalue weighted by Gasteiger charge is 2.21. The fraction of sp³-hybridized carbons (Fsp3) is 0.784. The molecule has 1 rings (SSSR count). The summed E-state index contributed by atoms with van der Waals surface area (Å²) in [5.41, 5.74) is 0.798. The minimum absolute atomic E-state index is 0.0959. The SMILES string of the molecule is CCCCCCCCCCCCC=CCCC=CCCC(O)C(O)CCC(=O)CCCCCCCC1=CC(C)OC1=O. The van der Waals surface area contributed by atoms with Crippen LogP contribution in [0, 0.1) is 0 Å². The molecule has 0 saturated heterocycles. The highest BCUT2D eigenvalue weighted by atomic mass is 16.5. The number of Topliss-reactive ketones (excluding diaryl/α,β-unsaturated/α-hetero) is 1. The van der Waals surface area contributed by atoms with Crippen molar-refractivity contribution in [1.82, 2.24) is 0 Å². The number of carbonyl (C=O) groups is 2. The van der Waals surface area contributed by atoms with E-state index in [9.17, 15) is 19.8 Å². The molecule has 1 heterocycles. The van der Waals surface area contributed by atoms with Crippen LogP contribution in [-0.4, -0.2) is 40.3 Å². The van der Waals surface area contributed by atoms with E-state index in [0.717, 1.165) is 63.4 Å². The van der Waals surface area contributed by atoms with Crippen molar-refractivity contribution in [1.29, 1.82) is 0 Å². The Labute approximate surface area is 258 Å². The number of carbonyl (C=O) groups excluding carboxylic acids is 2. The Balaban J connectivity index is 1.90. The molecule has 0 bridgehead atoms. The molecule has 0 amide bonds. The maximum Gasteiger partial charge on any atom is 0.334 e. The number of ether oxygens (including phenoxy) is 1. The van der Waals surface area contributed by atoms with E-state index in [4.69, 9.17) is 4.74 Å². The summed E-state index contributed by atoms with van der Waals surface area (Å²) in [6.45, 7) is 4.15. The second kappa shape index (κ2) is 26.9. The largest absolute Gasteiger partial charge is 0.455 e. The topological polar surface area (TPSA) is 83.8 Å². The van der Waals surface area contributed by atoms with Crippen LogP contribution in [-0.2, 0) is 14.3 Å². The molecule has 5 nitrogen and oxygen atoms in total. The Morgan fingerprint density at radius 1 is 0.714 bits per heavy atom. The molecule has 0 aromatic rings. The van der Waals surface area contributed by atoms with E-state index in [1.165, 1.54) is 70.6 Å². The maximum atomic E-state index is 12.2. The summed E-state index contributed by atoms with van der Waals surface area (Å²) in [7, 11) is 0. The van der Waals surface area contributed by atoms with Crippen LogP contribution in [0.25, 0.3) is 0 Å². The fourth-order valence-corrected chi connectivity index (χ4v) is 5.48. The smallest absolute Gasteiger partial charge is 0.334 e. The molecule has 0 aliphatic carbocycles. The molecule has 1 aliphatic rings. The predicted octanol–water partition coefficient (Wildman–Crippen LogP) is 9.64. The summed E-state index contributed by atoms with van der Waals surface area (Å²) in [5.74, 6) is -0.0138. The van der Waals surface area contributed by atoms with Crippen LogP contribution in [0.15, 0.2) is 36.0 Å². The maximum absolute atomic E-state index is 12.2. The lowest BCUT2D eigenvalue weighted by Crippen LogP contribution is -2.26. The number of allylic oxidation sites excluding steroid dienone is 4. The van der Waals surface area contributed by atoms with Gasteiger partial charge < -0.3 is 14.9 Å². The van der Waals surface area contributed by atoms with Crippen LogP contribution in [0.4, 0.5) is 0 Å². The number of cyclic esters (lactones) is 1. The first-order chi connectivity index (χ1) is 20.4. The van der Waals surface area contributed by atoms with Gasteiger partial charge in [-0.3, -0.25) is 4.79 Å². The van der Waals surface area contributed by atoms with Gasteiger partial charge in [0.2, 0.25) is 0 Å². The lowest BCUT2D eigenvalue weighted by atomic mass is 10.00. The van der Waals surface area contributed by atoms with Gasteiger partial charge in [-0.25, -0.2) is 4.79 Å². The number of hydrogen-bond acceptors (Lipinski definition) is 5. The minimum Gasteiger partial charge on any atom is -0.455 e. The lowest BCUT2D eigenvalue weighted by Gasteiger charge is -2.16. The van der Waals surface area contributed by atoms with Crippen LogP contribution in [0.3, 0.4) is 0 Å². The van der Waals surface area contributed by atoms with Crippen LogP contribution in [0.1, 0.15) is 168 Å². The standard InChI is InChI=1S/C37H64O5/c1-3-4-5-6-7-8-9-10-11-12-13-14-15-16-17-18-22-25-28-35(39)36(40)30-29-34(38)27-24-21-19-20-23-26-33-31-32(2)42-37(33)41/h14-15,18,22,31-32,35-36,39-40H,3-13,16-17,19-21,23-30H2,1-2H3. The van der Waals surface area contributed by atoms with Crippen molar-refractivity contribution in [2.45, 2.75) is 186 Å². The average molecular weight is 589 g/mol. The Kier molecular flexibility index (Phi) is 24.5. The number of esters is 1. The summed E-state index contributed by atoms with van der Waals surface area (Å²) in [6, 6.07) is 0. The van der Waals surface area contributed by atoms with E-state index in [2.05, 4.69) is 31.2 Å². The zero-order valence-corrected chi connectivity index (χ0v) is 27.2. The predicted molar refractivity (Wildman–Crippen MR) is 175 cm³/mol. The number of unbranched alkanes of at least 4 members (excludes halogenated alkanes) is 15. The van der Waals surface area contributed by atoms with Crippen molar-refractivity contribution < 1.29 is 24.5 Å². The number of aliphatic hydroxyl groups excluding tert-OH is 2. The fourth-order valence-electron chi connectivity index (χ4n) is 5.48. The number of rotatable bonds is 29. The van der Waals surface area contributed by atoms with Crippen LogP contribution < -0.4 is 0 Å². The second-order valence-corrected chi connectivity index (χ2v) is 12.4. The molecule has 2 N–H and O–H groups in total. The van der Waals surface area contributed by atoms with E-state index in [1.807, 2.05) is 13.0 Å². The number of ketones is 1. The lowest BCUT2D eigenvalue weighted by molar-refractivity contribution is -0.139. The zero-order chi connectivity index (χ0) is 30.7. The van der Waals surface area contributed by atoms with Gasteiger partial charge in [0.05, 0.1) is 12.2 Å². The van der Waals surface area contributed by atoms with E-state index >= 15 is 0 Å². The average Bonchev–Trinajstić information content (AvgIpc) is 3.30. The molecule has 3 unspecified atom stereocenters. The van der Waals surface area contributed by atoms with Gasteiger partial charge in [-0.2, -0.15) is 0 Å². The normalized spacial score (nSPS) is 16.8. The van der Waals surface area contributed by atoms with Crippen LogP contribution in [0.5, 0.6) is 0 Å². The third kappa shape index (κ3) is 21.9. The minimum atomic E-state index is -0.838. The van der Waals surface area contributed by atoms with Gasteiger partial charge in [-0.1, -0.05) is 108 Å². The molecule has 0 spiro atoms. The van der Waals surface area contributed by atoms with Crippen molar-refractivity contribution in [2.24, 2.45) is 0 Å². The molecule has 0 radical (unpaired) electrons. The summed E-state index contributed by atoms with van der Waals surface area (Å²) >= 11 is 0. The molecule has 0 fully saturated rings. The molecule has 0 aromatic carbocycles. The highest BCUT2D eigenvalue weighted by Crippen LogP contribution is 2.20. The molecular weight excluding hydrogens is 524 g/mol. The number of hydrogen-bond donors (Lipinski definition) is 2. The Morgan fingerprint density at radius 2 is 1.24 bits per heavy atom. The van der Waals surface area contributed by atoms with Crippen LogP contribution >= 0.6 is 0 Å². The molecule has 1 aliphatic heterocycles. The summed E-state index contributed by atoms with van der Waals surface area (Å²) in [5, 5.41) is 20.5. The summed E-state index contributed by atoms with van der Waals surface area (Å²) in [4.78, 5) is 23.8. The van der Waals surface area contributed by atoms with Gasteiger partial charge >= 0.3 is 5.97 Å². The first-order valence-electron chi connectivity index (χ1n) is 17.5.